The molecule has 0 amide bonds. The Bertz CT molecular complexity index is 1220. The minimum atomic E-state index is 0.363. The van der Waals surface area contributed by atoms with E-state index in [2.05, 4.69) is 58.9 Å². The molecule has 2 heterocycles. The van der Waals surface area contributed by atoms with Crippen LogP contribution >= 0.6 is 0 Å². The third-order valence-corrected chi connectivity index (χ3v) is 5.01. The predicted molar refractivity (Wildman–Crippen MR) is 133 cm³/mol. The van der Waals surface area contributed by atoms with Gasteiger partial charge >= 0.3 is 0 Å². The van der Waals surface area contributed by atoms with Crippen LogP contribution in [0, 0.1) is 19.3 Å². The van der Waals surface area contributed by atoms with Gasteiger partial charge in [0.15, 0.2) is 0 Å². The van der Waals surface area contributed by atoms with Gasteiger partial charge in [0.25, 0.3) is 0 Å². The molecule has 0 aliphatic carbocycles. The van der Waals surface area contributed by atoms with E-state index in [1.54, 1.807) is 18.5 Å². The Morgan fingerprint density at radius 2 is 1.39 bits per heavy atom. The van der Waals surface area contributed by atoms with Crippen LogP contribution in [0.25, 0.3) is 0 Å². The van der Waals surface area contributed by atoms with E-state index in [1.807, 2.05) is 19.1 Å². The Balaban J connectivity index is 0.000000186. The average molecular weight is 443 g/mol. The van der Waals surface area contributed by atoms with Crippen LogP contribution in [0.4, 0.5) is 17.1 Å². The summed E-state index contributed by atoms with van der Waals surface area (Å²) in [5, 5.41) is 23.7. The van der Waals surface area contributed by atoms with E-state index in [-0.39, 0.29) is 0 Å². The third-order valence-electron chi connectivity index (χ3n) is 5.01. The molecule has 0 unspecified atom stereocenters. The summed E-state index contributed by atoms with van der Waals surface area (Å²) in [6.45, 7) is 5.52. The molecule has 0 saturated carbocycles. The second kappa shape index (κ2) is 11.4. The molecule has 0 aliphatic rings. The quantitative estimate of drug-likeness (QED) is 0.278. The minimum Gasteiger partial charge on any atom is -0.429 e. The number of anilines is 3. The van der Waals surface area contributed by atoms with Gasteiger partial charge in [0.2, 0.25) is 0 Å². The van der Waals surface area contributed by atoms with E-state index in [0.717, 1.165) is 28.2 Å². The van der Waals surface area contributed by atoms with Crippen LogP contribution in [0.1, 0.15) is 22.3 Å². The summed E-state index contributed by atoms with van der Waals surface area (Å²) in [5.74, 6) is 0. The van der Waals surface area contributed by atoms with Crippen molar-refractivity contribution in [2.45, 2.75) is 26.9 Å². The number of rotatable bonds is 6. The molecule has 6 N–H and O–H groups in total. The van der Waals surface area contributed by atoms with E-state index < -0.39 is 0 Å². The second-order valence-corrected chi connectivity index (χ2v) is 7.79. The summed E-state index contributed by atoms with van der Waals surface area (Å²) in [7, 11) is 0. The molecule has 0 aliphatic heterocycles. The van der Waals surface area contributed by atoms with Gasteiger partial charge < -0.3 is 21.6 Å². The van der Waals surface area contributed by atoms with Gasteiger partial charge in [0.1, 0.15) is 0 Å². The van der Waals surface area contributed by atoms with Gasteiger partial charge in [-0.15, -0.1) is 0 Å². The lowest BCUT2D eigenvalue weighted by molar-refractivity contribution is 0.184. The first-order chi connectivity index (χ1) is 15.9. The zero-order chi connectivity index (χ0) is 23.6. The number of hydrogen-bond donors (Lipinski definition) is 5. The maximum atomic E-state index is 9.26. The van der Waals surface area contributed by atoms with Gasteiger partial charge in [-0.25, -0.2) is 0 Å². The van der Waals surface area contributed by atoms with Crippen LogP contribution in [0.3, 0.4) is 0 Å². The molecule has 0 saturated heterocycles. The van der Waals surface area contributed by atoms with Crippen molar-refractivity contribution < 1.29 is 5.21 Å². The largest absolute Gasteiger partial charge is 0.429 e. The van der Waals surface area contributed by atoms with Gasteiger partial charge in [0.05, 0.1) is 34.8 Å². The lowest BCUT2D eigenvalue weighted by atomic mass is 10.1. The standard InChI is InChI=1S/C13H15N3O.C13H15N3/c1-10-2-4-11(5-3-10)8-15-13-9-16(17)7-6-12(13)14;1-10-2-4-11(5-3-10)8-16-13-9-15-7-6-12(13)14/h2-7,9,14-15,17H,8H2,1H3;2-7,9,16H,8H2,1H3,(H2,14,15). The summed E-state index contributed by atoms with van der Waals surface area (Å²) in [6.07, 6.45) is 6.34. The number of nitrogens with two attached hydrogens (primary N) is 1. The van der Waals surface area contributed by atoms with Crippen LogP contribution in [-0.2, 0) is 13.1 Å². The topological polar surface area (TPSA) is 112 Å². The van der Waals surface area contributed by atoms with E-state index in [9.17, 15) is 5.21 Å². The van der Waals surface area contributed by atoms with Crippen LogP contribution in [0.2, 0.25) is 0 Å². The van der Waals surface area contributed by atoms with Crippen LogP contribution < -0.4 is 21.7 Å². The highest BCUT2D eigenvalue weighted by Crippen LogP contribution is 2.16. The van der Waals surface area contributed by atoms with E-state index in [4.69, 9.17) is 11.1 Å². The fourth-order valence-electron chi connectivity index (χ4n) is 2.99. The van der Waals surface area contributed by atoms with E-state index in [0.29, 0.717) is 17.6 Å². The fraction of sp³-hybridized carbons (Fsp3) is 0.154. The molecule has 0 bridgehead atoms. The summed E-state index contributed by atoms with van der Waals surface area (Å²) in [6, 6.07) is 19.9. The van der Waals surface area contributed by atoms with Crippen molar-refractivity contribution in [1.82, 2.24) is 9.71 Å². The van der Waals surface area contributed by atoms with Gasteiger partial charge in [-0.3, -0.25) is 10.4 Å². The van der Waals surface area contributed by atoms with Gasteiger partial charge in [-0.2, -0.15) is 4.73 Å². The van der Waals surface area contributed by atoms with Crippen molar-refractivity contribution in [3.63, 3.8) is 0 Å². The van der Waals surface area contributed by atoms with Gasteiger partial charge in [0, 0.05) is 25.5 Å². The SMILES string of the molecule is Cc1ccc(CNc2cn(O)ccc2=N)cc1.Cc1ccc(CNc2cnccc2N)cc1. The van der Waals surface area contributed by atoms with Crippen molar-refractivity contribution in [3.05, 3.63) is 113 Å². The number of aryl methyl sites for hydroxylation is 2. The molecule has 2 aromatic heterocycles. The third kappa shape index (κ3) is 7.43. The Morgan fingerprint density at radius 1 is 0.848 bits per heavy atom. The lowest BCUT2D eigenvalue weighted by Crippen LogP contribution is -2.12. The van der Waals surface area contributed by atoms with Crippen molar-refractivity contribution in [1.29, 1.82) is 5.41 Å². The smallest absolute Gasteiger partial charge is 0.0803 e. The molecule has 7 heteroatoms. The molecule has 4 rings (SSSR count). The molecule has 33 heavy (non-hydrogen) atoms. The van der Waals surface area contributed by atoms with Crippen LogP contribution in [0.15, 0.2) is 85.5 Å². The molecule has 7 nitrogen and oxygen atoms in total. The Hall–Kier alpha value is -4.26. The van der Waals surface area contributed by atoms with Crippen molar-refractivity contribution in [3.8, 4) is 0 Å². The molecular formula is C26H30N6O. The summed E-state index contributed by atoms with van der Waals surface area (Å²) >= 11 is 0. The maximum absolute atomic E-state index is 9.26. The molecule has 4 aromatic rings. The molecule has 0 radical (unpaired) electrons. The van der Waals surface area contributed by atoms with Crippen LogP contribution in [0.5, 0.6) is 0 Å². The lowest BCUT2D eigenvalue weighted by Gasteiger charge is -2.08. The average Bonchev–Trinajstić information content (AvgIpc) is 2.82. The highest BCUT2D eigenvalue weighted by atomic mass is 16.5. The first-order valence-corrected chi connectivity index (χ1v) is 10.6. The molecule has 2 aromatic carbocycles. The van der Waals surface area contributed by atoms with E-state index >= 15 is 0 Å². The van der Waals surface area contributed by atoms with Gasteiger partial charge in [-0.1, -0.05) is 59.7 Å². The van der Waals surface area contributed by atoms with Crippen LogP contribution in [-0.4, -0.2) is 14.9 Å². The summed E-state index contributed by atoms with van der Waals surface area (Å²) < 4.78 is 0.940. The number of nitrogens with one attached hydrogen (secondary N) is 3. The molecule has 0 atom stereocenters. The minimum absolute atomic E-state index is 0.363. The zero-order valence-corrected chi connectivity index (χ0v) is 18.9. The van der Waals surface area contributed by atoms with Gasteiger partial charge in [-0.05, 0) is 37.1 Å². The highest BCUT2D eigenvalue weighted by Gasteiger charge is 1.99. The first kappa shape index (κ1) is 23.4. The zero-order valence-electron chi connectivity index (χ0n) is 18.9. The molecule has 0 fully saturated rings. The molecule has 170 valence electrons. The van der Waals surface area contributed by atoms with E-state index in [1.165, 1.54) is 35.2 Å². The molecular weight excluding hydrogens is 412 g/mol. The number of aromatic nitrogens is 2. The number of benzene rings is 2. The monoisotopic (exact) mass is 442 g/mol. The maximum Gasteiger partial charge on any atom is 0.0803 e. The Morgan fingerprint density at radius 3 is 1.94 bits per heavy atom. The first-order valence-electron chi connectivity index (χ1n) is 10.6. The summed E-state index contributed by atoms with van der Waals surface area (Å²) in [5.41, 5.74) is 12.9. The van der Waals surface area contributed by atoms with Crippen molar-refractivity contribution >= 4 is 17.1 Å². The highest BCUT2D eigenvalue weighted by molar-refractivity contribution is 5.64. The number of hydrogen-bond acceptors (Lipinski definition) is 6. The fourth-order valence-corrected chi connectivity index (χ4v) is 2.99. The molecule has 0 spiro atoms. The second-order valence-electron chi connectivity index (χ2n) is 7.79. The van der Waals surface area contributed by atoms with Crippen molar-refractivity contribution in [2.75, 3.05) is 16.4 Å². The normalized spacial score (nSPS) is 10.1. The van der Waals surface area contributed by atoms with Crippen molar-refractivity contribution in [2.24, 2.45) is 0 Å². The number of pyridine rings is 2. The predicted octanol–water partition coefficient (Wildman–Crippen LogP) is 4.71. The summed E-state index contributed by atoms with van der Waals surface area (Å²) in [4.78, 5) is 4.03. The Labute approximate surface area is 194 Å². The Kier molecular flexibility index (Phi) is 8.07. The number of nitrogen functional groups attached to an aromatic ring is 1. The number of nitrogens with zero attached hydrogens (tertiary/aromatic N) is 2.